The second-order valence-corrected chi connectivity index (χ2v) is 21.7. The van der Waals surface area contributed by atoms with Crippen molar-refractivity contribution in [1.29, 1.82) is 0 Å². The van der Waals surface area contributed by atoms with Crippen LogP contribution in [0.1, 0.15) is 245 Å². The van der Waals surface area contributed by atoms with E-state index in [9.17, 15) is 19.4 Å². The monoisotopic (exact) mass is 974 g/mol. The Morgan fingerprint density at radius 2 is 0.882 bits per heavy atom. The number of carbonyl (C=O) groups excluding carboxylic acids is 1. The summed E-state index contributed by atoms with van der Waals surface area (Å²) >= 11 is 0. The Labute approximate surface area is 421 Å². The van der Waals surface area contributed by atoms with Crippen LogP contribution in [-0.2, 0) is 18.4 Å². The molecule has 9 heteroatoms. The van der Waals surface area contributed by atoms with Gasteiger partial charge in [0.25, 0.3) is 0 Å². The third kappa shape index (κ3) is 51.8. The summed E-state index contributed by atoms with van der Waals surface area (Å²) in [5.74, 6) is -0.147. The van der Waals surface area contributed by atoms with Gasteiger partial charge in [-0.1, -0.05) is 247 Å². The predicted octanol–water partition coefficient (Wildman–Crippen LogP) is 17.1. The standard InChI is InChI=1S/C59H109N2O6P/c1-6-8-10-12-14-16-18-20-21-22-23-24-25-26-27-28-29-30-31-32-33-34-35-36-37-38-39-41-43-45-47-49-51-53-59(63)60-57(56-67-68(64,65)66-55-54-61(3,4)5)58(62)52-50-48-46-44-42-40-19-17-15-13-11-9-7-2/h8,10,14,16,20-21,23-24,26-27,29-30,57-58,62H,6-7,9,11-13,15,17-19,22,25,28,31-56H2,1-5H3,(H-,60,63,64,65)/p+1/b10-8-,16-14-,21-20-,24-23-,27-26-,30-29-. The average Bonchev–Trinajstić information content (AvgIpc) is 3.30. The molecule has 0 fully saturated rings. The van der Waals surface area contributed by atoms with Gasteiger partial charge in [-0.05, 0) is 64.2 Å². The highest BCUT2D eigenvalue weighted by Crippen LogP contribution is 2.43. The molecule has 3 atom stereocenters. The number of hydrogen-bond acceptors (Lipinski definition) is 5. The third-order valence-electron chi connectivity index (χ3n) is 12.5. The molecular weight excluding hydrogens is 864 g/mol. The molecule has 1 amide bonds. The average molecular weight is 975 g/mol. The van der Waals surface area contributed by atoms with E-state index in [0.717, 1.165) is 77.0 Å². The molecule has 0 aliphatic carbocycles. The largest absolute Gasteiger partial charge is 0.472 e. The molecule has 0 aliphatic rings. The van der Waals surface area contributed by atoms with Crippen LogP contribution in [0.25, 0.3) is 0 Å². The molecule has 0 bridgehead atoms. The zero-order valence-corrected chi connectivity index (χ0v) is 46.0. The maximum atomic E-state index is 13.0. The zero-order valence-electron chi connectivity index (χ0n) is 45.1. The highest BCUT2D eigenvalue weighted by molar-refractivity contribution is 7.47. The van der Waals surface area contributed by atoms with Gasteiger partial charge in [0.2, 0.25) is 5.91 Å². The first kappa shape index (κ1) is 65.9. The van der Waals surface area contributed by atoms with E-state index in [-0.39, 0.29) is 19.1 Å². The Morgan fingerprint density at radius 1 is 0.515 bits per heavy atom. The summed E-state index contributed by atoms with van der Waals surface area (Å²) < 4.78 is 23.7. The zero-order chi connectivity index (χ0) is 49.9. The number of nitrogens with zero attached hydrogens (tertiary/aromatic N) is 1. The van der Waals surface area contributed by atoms with Crippen molar-refractivity contribution < 1.29 is 32.9 Å². The third-order valence-corrected chi connectivity index (χ3v) is 13.5. The fraction of sp³-hybridized carbons (Fsp3) is 0.780. The molecule has 8 nitrogen and oxygen atoms in total. The van der Waals surface area contributed by atoms with Gasteiger partial charge in [-0.25, -0.2) is 4.57 Å². The van der Waals surface area contributed by atoms with Gasteiger partial charge in [0.15, 0.2) is 0 Å². The van der Waals surface area contributed by atoms with Gasteiger partial charge in [0, 0.05) is 6.42 Å². The quantitative estimate of drug-likeness (QED) is 0.0243. The summed E-state index contributed by atoms with van der Waals surface area (Å²) in [5, 5.41) is 14.0. The van der Waals surface area contributed by atoms with E-state index in [1.165, 1.54) is 141 Å². The SMILES string of the molecule is CC/C=C\C/C=C\C/C=C\C/C=C\C/C=C\C/C=C\CCCCCCCCCCCCCCCCC(=O)NC(COP(=O)(O)OCC[N+](C)(C)C)C(O)CCCCCCCCCCCCCCC. The highest BCUT2D eigenvalue weighted by Gasteiger charge is 2.28. The number of carbonyl (C=O) groups is 1. The lowest BCUT2D eigenvalue weighted by Crippen LogP contribution is -2.46. The van der Waals surface area contributed by atoms with Crippen LogP contribution in [0.3, 0.4) is 0 Å². The number of phosphoric acid groups is 1. The number of allylic oxidation sites excluding steroid dienone is 12. The van der Waals surface area contributed by atoms with Crippen molar-refractivity contribution in [3.05, 3.63) is 72.9 Å². The van der Waals surface area contributed by atoms with Crippen LogP contribution in [0.4, 0.5) is 0 Å². The van der Waals surface area contributed by atoms with Crippen molar-refractivity contribution in [2.45, 2.75) is 257 Å². The molecule has 68 heavy (non-hydrogen) atoms. The Hall–Kier alpha value is -2.06. The maximum absolute atomic E-state index is 13.0. The molecule has 0 saturated heterocycles. The predicted molar refractivity (Wildman–Crippen MR) is 295 cm³/mol. The molecule has 0 rings (SSSR count). The summed E-state index contributed by atoms with van der Waals surface area (Å²) in [6, 6.07) is -0.763. The lowest BCUT2D eigenvalue weighted by Gasteiger charge is -2.26. The van der Waals surface area contributed by atoms with E-state index in [0.29, 0.717) is 23.9 Å². The van der Waals surface area contributed by atoms with Crippen LogP contribution < -0.4 is 5.32 Å². The number of amides is 1. The normalized spacial score (nSPS) is 14.5. The van der Waals surface area contributed by atoms with Crippen LogP contribution in [0.5, 0.6) is 0 Å². The Morgan fingerprint density at radius 3 is 1.29 bits per heavy atom. The summed E-state index contributed by atoms with van der Waals surface area (Å²) in [5.41, 5.74) is 0. The maximum Gasteiger partial charge on any atom is 0.472 e. The molecule has 0 aliphatic heterocycles. The molecule has 396 valence electrons. The minimum Gasteiger partial charge on any atom is -0.391 e. The molecule has 0 aromatic rings. The summed E-state index contributed by atoms with van der Waals surface area (Å²) in [4.78, 5) is 23.3. The van der Waals surface area contributed by atoms with E-state index >= 15 is 0 Å². The van der Waals surface area contributed by atoms with Gasteiger partial charge in [0.05, 0.1) is 39.9 Å². The second kappa shape index (κ2) is 49.9. The number of nitrogens with one attached hydrogen (secondary N) is 1. The number of rotatable bonds is 51. The highest BCUT2D eigenvalue weighted by atomic mass is 31.2. The van der Waals surface area contributed by atoms with E-state index < -0.39 is 20.0 Å². The van der Waals surface area contributed by atoms with Crippen molar-refractivity contribution in [1.82, 2.24) is 5.32 Å². The number of hydrogen-bond donors (Lipinski definition) is 3. The van der Waals surface area contributed by atoms with Crippen molar-refractivity contribution in [3.63, 3.8) is 0 Å². The first-order chi connectivity index (χ1) is 33.0. The smallest absolute Gasteiger partial charge is 0.391 e. The Kier molecular flexibility index (Phi) is 48.4. The van der Waals surface area contributed by atoms with Gasteiger partial charge in [0.1, 0.15) is 13.2 Å². The lowest BCUT2D eigenvalue weighted by atomic mass is 10.0. The van der Waals surface area contributed by atoms with Crippen LogP contribution in [-0.4, -0.2) is 73.4 Å². The minimum atomic E-state index is -4.32. The van der Waals surface area contributed by atoms with E-state index in [4.69, 9.17) is 9.05 Å². The topological polar surface area (TPSA) is 105 Å². The van der Waals surface area contributed by atoms with Gasteiger partial charge in [-0.2, -0.15) is 0 Å². The number of aliphatic hydroxyl groups excluding tert-OH is 1. The first-order valence-electron chi connectivity index (χ1n) is 28.3. The van der Waals surface area contributed by atoms with E-state index in [1.807, 2.05) is 21.1 Å². The molecule has 3 unspecified atom stereocenters. The summed E-state index contributed by atoms with van der Waals surface area (Å²) in [6.07, 6.45) is 68.1. The molecule has 0 spiro atoms. The van der Waals surface area contributed by atoms with Crippen molar-refractivity contribution in [2.75, 3.05) is 40.9 Å². The molecular formula is C59H110N2O6P+. The first-order valence-corrected chi connectivity index (χ1v) is 29.8. The fourth-order valence-corrected chi connectivity index (χ4v) is 8.79. The summed E-state index contributed by atoms with van der Waals surface area (Å²) in [7, 11) is 1.61. The van der Waals surface area contributed by atoms with Gasteiger partial charge < -0.3 is 19.8 Å². The van der Waals surface area contributed by atoms with Crippen LogP contribution in [0.15, 0.2) is 72.9 Å². The fourth-order valence-electron chi connectivity index (χ4n) is 8.05. The number of phosphoric ester groups is 1. The van der Waals surface area contributed by atoms with Crippen molar-refractivity contribution in [3.8, 4) is 0 Å². The molecule has 0 aromatic carbocycles. The van der Waals surface area contributed by atoms with Gasteiger partial charge in [-0.15, -0.1) is 0 Å². The number of quaternary nitrogens is 1. The van der Waals surface area contributed by atoms with Crippen LogP contribution >= 0.6 is 7.82 Å². The molecule has 0 aromatic heterocycles. The van der Waals surface area contributed by atoms with Crippen LogP contribution in [0.2, 0.25) is 0 Å². The van der Waals surface area contributed by atoms with Crippen molar-refractivity contribution in [2.24, 2.45) is 0 Å². The van der Waals surface area contributed by atoms with E-state index in [2.05, 4.69) is 92.1 Å². The Bertz CT molecular complexity index is 1330. The second-order valence-electron chi connectivity index (χ2n) is 20.3. The van der Waals surface area contributed by atoms with E-state index in [1.54, 1.807) is 0 Å². The minimum absolute atomic E-state index is 0.0730. The van der Waals surface area contributed by atoms with Crippen LogP contribution in [0, 0.1) is 0 Å². The van der Waals surface area contributed by atoms with Crippen molar-refractivity contribution >= 4 is 13.7 Å². The van der Waals surface area contributed by atoms with Gasteiger partial charge in [-0.3, -0.25) is 13.8 Å². The molecule has 0 heterocycles. The van der Waals surface area contributed by atoms with Gasteiger partial charge >= 0.3 is 7.82 Å². The molecule has 3 N–H and O–H groups in total. The lowest BCUT2D eigenvalue weighted by molar-refractivity contribution is -0.870. The number of aliphatic hydroxyl groups is 1. The Balaban J connectivity index is 4.05. The summed E-state index contributed by atoms with van der Waals surface area (Å²) in [6.45, 7) is 4.78. The number of likely N-dealkylation sites (N-methyl/N-ethyl adjacent to an activating group) is 1. The molecule has 0 radical (unpaired) electrons. The number of unbranched alkanes of at least 4 members (excludes halogenated alkanes) is 26. The molecule has 0 saturated carbocycles.